The quantitative estimate of drug-likeness (QED) is 0.499. The number of hydrogen-bond donors (Lipinski definition) is 1. The van der Waals surface area contributed by atoms with E-state index in [0.717, 1.165) is 12.5 Å². The largest absolute Gasteiger partial charge is 0.435 e. The van der Waals surface area contributed by atoms with Crippen LogP contribution < -0.4 is 0 Å². The summed E-state index contributed by atoms with van der Waals surface area (Å²) >= 11 is 0. The maximum absolute atomic E-state index is 10.8. The van der Waals surface area contributed by atoms with Gasteiger partial charge in [-0.3, -0.25) is 9.59 Å². The van der Waals surface area contributed by atoms with E-state index in [0.29, 0.717) is 0 Å². The third kappa shape index (κ3) is 5.96. The van der Waals surface area contributed by atoms with E-state index >= 15 is 0 Å². The molecule has 0 aliphatic heterocycles. The minimum Gasteiger partial charge on any atom is -0.435 e. The van der Waals surface area contributed by atoms with Crippen molar-refractivity contribution in [1.29, 1.82) is 0 Å². The van der Waals surface area contributed by atoms with Crippen molar-refractivity contribution in [3.63, 3.8) is 0 Å². The molecule has 0 radical (unpaired) electrons. The highest BCUT2D eigenvalue weighted by Crippen LogP contribution is 2.01. The van der Waals surface area contributed by atoms with Gasteiger partial charge >= 0.3 is 11.9 Å². The summed E-state index contributed by atoms with van der Waals surface area (Å²) in [5, 5.41) is 9.17. The van der Waals surface area contributed by atoms with E-state index in [4.69, 9.17) is 0 Å². The average Bonchev–Trinajstić information content (AvgIpc) is 2.03. The van der Waals surface area contributed by atoms with Gasteiger partial charge in [0.1, 0.15) is 0 Å². The molecular weight excluding hydrogens is 188 g/mol. The molecule has 0 fully saturated rings. The van der Waals surface area contributed by atoms with Gasteiger partial charge in [0.2, 0.25) is 0 Å². The van der Waals surface area contributed by atoms with Crippen molar-refractivity contribution in [3.8, 4) is 0 Å². The van der Waals surface area contributed by atoms with Gasteiger partial charge in [-0.1, -0.05) is 13.2 Å². The van der Waals surface area contributed by atoms with Gasteiger partial charge in [0.25, 0.3) is 0 Å². The minimum atomic E-state index is -1.12. The van der Waals surface area contributed by atoms with E-state index < -0.39 is 18.0 Å². The van der Waals surface area contributed by atoms with Crippen LogP contribution in [0.5, 0.6) is 0 Å². The number of carbonyl (C=O) groups is 2. The molecule has 78 valence electrons. The van der Waals surface area contributed by atoms with Crippen molar-refractivity contribution in [2.45, 2.75) is 18.9 Å². The first kappa shape index (κ1) is 12.4. The van der Waals surface area contributed by atoms with Crippen LogP contribution in [0.1, 0.15) is 12.8 Å². The van der Waals surface area contributed by atoms with Gasteiger partial charge in [0.15, 0.2) is 0 Å². The first-order chi connectivity index (χ1) is 6.60. The van der Waals surface area contributed by atoms with Crippen molar-refractivity contribution < 1.29 is 24.2 Å². The summed E-state index contributed by atoms with van der Waals surface area (Å²) in [5.74, 6) is -1.31. The molecule has 1 N–H and O–H groups in total. The van der Waals surface area contributed by atoms with Crippen LogP contribution in [0.25, 0.3) is 0 Å². The Morgan fingerprint density at radius 1 is 1.14 bits per heavy atom. The number of aliphatic hydroxyl groups is 1. The lowest BCUT2D eigenvalue weighted by atomic mass is 10.2. The highest BCUT2D eigenvalue weighted by atomic mass is 16.5. The van der Waals surface area contributed by atoms with E-state index in [2.05, 4.69) is 22.6 Å². The second-order valence-corrected chi connectivity index (χ2v) is 2.38. The van der Waals surface area contributed by atoms with Crippen LogP contribution in [-0.4, -0.2) is 23.1 Å². The smallest absolute Gasteiger partial charge is 0.313 e. The zero-order chi connectivity index (χ0) is 11.0. The summed E-state index contributed by atoms with van der Waals surface area (Å²) in [6.45, 7) is 6.34. The van der Waals surface area contributed by atoms with Gasteiger partial charge in [0, 0.05) is 0 Å². The zero-order valence-corrected chi connectivity index (χ0v) is 7.64. The van der Waals surface area contributed by atoms with E-state index in [1.54, 1.807) is 0 Å². The Bertz CT molecular complexity index is 209. The lowest BCUT2D eigenvalue weighted by Gasteiger charge is -2.06. The molecule has 0 heterocycles. The number of aliphatic hydroxyl groups excluding tert-OH is 1. The van der Waals surface area contributed by atoms with Gasteiger partial charge < -0.3 is 14.6 Å². The summed E-state index contributed by atoms with van der Waals surface area (Å²) in [6, 6.07) is 0. The molecule has 5 heteroatoms. The predicted octanol–water partition coefficient (Wildman–Crippen LogP) is 0.501. The molecule has 0 aromatic rings. The number of hydrogen-bond acceptors (Lipinski definition) is 5. The SMILES string of the molecule is C=COC(=O)CC(O)CC(=O)OC=C. The third-order valence-corrected chi connectivity index (χ3v) is 1.23. The molecule has 0 aromatic carbocycles. The number of ether oxygens (including phenoxy) is 2. The van der Waals surface area contributed by atoms with Gasteiger partial charge in [-0.2, -0.15) is 0 Å². The Morgan fingerprint density at radius 3 is 1.79 bits per heavy atom. The molecule has 0 bridgehead atoms. The van der Waals surface area contributed by atoms with Crippen LogP contribution in [0.2, 0.25) is 0 Å². The first-order valence-corrected chi connectivity index (χ1v) is 3.89. The van der Waals surface area contributed by atoms with Crippen LogP contribution in [-0.2, 0) is 19.1 Å². The fourth-order valence-electron chi connectivity index (χ4n) is 0.739. The van der Waals surface area contributed by atoms with Crippen LogP contribution in [0.15, 0.2) is 25.7 Å². The maximum Gasteiger partial charge on any atom is 0.313 e. The molecular formula is C9H12O5. The fourth-order valence-corrected chi connectivity index (χ4v) is 0.739. The molecule has 0 rings (SSSR count). The van der Waals surface area contributed by atoms with Crippen molar-refractivity contribution in [2.24, 2.45) is 0 Å². The summed E-state index contributed by atoms with van der Waals surface area (Å²) in [7, 11) is 0. The van der Waals surface area contributed by atoms with Crippen LogP contribution in [0, 0.1) is 0 Å². The highest BCUT2D eigenvalue weighted by Gasteiger charge is 2.15. The highest BCUT2D eigenvalue weighted by molar-refractivity contribution is 5.74. The summed E-state index contributed by atoms with van der Waals surface area (Å²) in [5.41, 5.74) is 0. The van der Waals surface area contributed by atoms with Crippen molar-refractivity contribution in [1.82, 2.24) is 0 Å². The third-order valence-electron chi connectivity index (χ3n) is 1.23. The molecule has 0 aliphatic carbocycles. The maximum atomic E-state index is 10.8. The second-order valence-electron chi connectivity index (χ2n) is 2.38. The Morgan fingerprint density at radius 2 is 1.50 bits per heavy atom. The molecule has 0 saturated carbocycles. The van der Waals surface area contributed by atoms with E-state index in [1.807, 2.05) is 0 Å². The molecule has 0 amide bonds. The normalized spacial score (nSPS) is 9.29. The van der Waals surface area contributed by atoms with Gasteiger partial charge in [-0.05, 0) is 0 Å². The number of carbonyl (C=O) groups excluding carboxylic acids is 2. The van der Waals surface area contributed by atoms with Crippen LogP contribution in [0.4, 0.5) is 0 Å². The first-order valence-electron chi connectivity index (χ1n) is 3.89. The van der Waals surface area contributed by atoms with Crippen molar-refractivity contribution in [3.05, 3.63) is 25.7 Å². The summed E-state index contributed by atoms with van der Waals surface area (Å²) in [4.78, 5) is 21.5. The number of esters is 2. The van der Waals surface area contributed by atoms with Crippen LogP contribution >= 0.6 is 0 Å². The number of rotatable bonds is 6. The Balaban J connectivity index is 3.79. The van der Waals surface area contributed by atoms with Crippen molar-refractivity contribution >= 4 is 11.9 Å². The van der Waals surface area contributed by atoms with Crippen LogP contribution in [0.3, 0.4) is 0 Å². The Labute approximate surface area is 81.6 Å². The predicted molar refractivity (Wildman–Crippen MR) is 47.8 cm³/mol. The molecule has 14 heavy (non-hydrogen) atoms. The topological polar surface area (TPSA) is 72.8 Å². The van der Waals surface area contributed by atoms with Gasteiger partial charge in [-0.25, -0.2) is 0 Å². The molecule has 5 nitrogen and oxygen atoms in total. The Hall–Kier alpha value is -1.62. The lowest BCUT2D eigenvalue weighted by molar-refractivity contribution is -0.143. The molecule has 0 saturated heterocycles. The van der Waals surface area contributed by atoms with Gasteiger partial charge in [0.05, 0.1) is 31.5 Å². The summed E-state index contributed by atoms with van der Waals surface area (Å²) < 4.78 is 8.69. The summed E-state index contributed by atoms with van der Waals surface area (Å²) in [6.07, 6.45) is 0.236. The Kier molecular flexibility index (Phi) is 6.06. The minimum absolute atomic E-state index is 0.280. The monoisotopic (exact) mass is 200 g/mol. The lowest BCUT2D eigenvalue weighted by Crippen LogP contribution is -2.18. The standard InChI is InChI=1S/C9H12O5/c1-3-13-8(11)5-7(10)6-9(12)14-4-2/h3-4,7,10H,1-2,5-6H2. The molecule has 0 aliphatic rings. The van der Waals surface area contributed by atoms with E-state index in [9.17, 15) is 14.7 Å². The van der Waals surface area contributed by atoms with E-state index in [-0.39, 0.29) is 12.8 Å². The van der Waals surface area contributed by atoms with Gasteiger partial charge in [-0.15, -0.1) is 0 Å². The molecule has 0 atom stereocenters. The molecule has 0 aromatic heterocycles. The second kappa shape index (κ2) is 6.85. The average molecular weight is 200 g/mol. The zero-order valence-electron chi connectivity index (χ0n) is 7.64. The molecule has 0 unspecified atom stereocenters. The van der Waals surface area contributed by atoms with Crippen molar-refractivity contribution in [2.75, 3.05) is 0 Å². The fraction of sp³-hybridized carbons (Fsp3) is 0.333. The van der Waals surface area contributed by atoms with E-state index in [1.165, 1.54) is 0 Å². The molecule has 0 spiro atoms.